The van der Waals surface area contributed by atoms with Crippen LogP contribution in [0, 0.1) is 0 Å². The molecule has 0 atom stereocenters. The van der Waals surface area contributed by atoms with E-state index in [1.54, 1.807) is 6.92 Å². The Labute approximate surface area is 126 Å². The van der Waals surface area contributed by atoms with Gasteiger partial charge in [-0.1, -0.05) is 25.8 Å². The Morgan fingerprint density at radius 1 is 1.00 bits per heavy atom. The van der Waals surface area contributed by atoms with Gasteiger partial charge in [0.05, 0.1) is 6.54 Å². The molecule has 0 aliphatic heterocycles. The zero-order valence-electron chi connectivity index (χ0n) is 12.8. The predicted molar refractivity (Wildman–Crippen MR) is 80.9 cm³/mol. The SMILES string of the molecule is C=CC(=O)OCCNC(=O)NCCCCCCCC(C)=O. The van der Waals surface area contributed by atoms with Crippen molar-refractivity contribution in [3.8, 4) is 0 Å². The lowest BCUT2D eigenvalue weighted by atomic mass is 10.1. The number of Topliss-reactive ketones (excluding diaryl/α,β-unsaturated/α-hetero) is 1. The van der Waals surface area contributed by atoms with Gasteiger partial charge < -0.3 is 20.2 Å². The number of urea groups is 1. The molecule has 2 N–H and O–H groups in total. The number of amides is 2. The summed E-state index contributed by atoms with van der Waals surface area (Å²) in [6.07, 6.45) is 6.78. The average molecular weight is 298 g/mol. The largest absolute Gasteiger partial charge is 0.461 e. The fourth-order valence-corrected chi connectivity index (χ4v) is 1.67. The van der Waals surface area contributed by atoms with E-state index in [1.165, 1.54) is 0 Å². The highest BCUT2D eigenvalue weighted by Gasteiger charge is 2.00. The van der Waals surface area contributed by atoms with Gasteiger partial charge in [-0.05, 0) is 19.8 Å². The molecule has 2 amide bonds. The molecule has 0 rings (SSSR count). The van der Waals surface area contributed by atoms with Crippen LogP contribution in [0.25, 0.3) is 0 Å². The number of carbonyl (C=O) groups is 3. The Hall–Kier alpha value is -1.85. The Morgan fingerprint density at radius 3 is 2.29 bits per heavy atom. The molecule has 0 spiro atoms. The van der Waals surface area contributed by atoms with Crippen LogP contribution in [0.3, 0.4) is 0 Å². The van der Waals surface area contributed by atoms with Crippen molar-refractivity contribution in [2.75, 3.05) is 19.7 Å². The summed E-state index contributed by atoms with van der Waals surface area (Å²) >= 11 is 0. The van der Waals surface area contributed by atoms with E-state index in [2.05, 4.69) is 17.2 Å². The number of carbonyl (C=O) groups excluding carboxylic acids is 3. The minimum atomic E-state index is -0.498. The molecule has 21 heavy (non-hydrogen) atoms. The third-order valence-corrected chi connectivity index (χ3v) is 2.79. The van der Waals surface area contributed by atoms with E-state index in [4.69, 9.17) is 4.74 Å². The number of nitrogens with one attached hydrogen (secondary N) is 2. The normalized spacial score (nSPS) is 9.76. The van der Waals surface area contributed by atoms with Crippen molar-refractivity contribution in [1.29, 1.82) is 0 Å². The fourth-order valence-electron chi connectivity index (χ4n) is 1.67. The highest BCUT2D eigenvalue weighted by atomic mass is 16.5. The second-order valence-electron chi connectivity index (χ2n) is 4.77. The van der Waals surface area contributed by atoms with Gasteiger partial charge in [-0.3, -0.25) is 0 Å². The highest BCUT2D eigenvalue weighted by Crippen LogP contribution is 2.05. The van der Waals surface area contributed by atoms with Crippen LogP contribution in [0.2, 0.25) is 0 Å². The summed E-state index contributed by atoms with van der Waals surface area (Å²) in [7, 11) is 0. The Balaban J connectivity index is 3.28. The van der Waals surface area contributed by atoms with E-state index < -0.39 is 5.97 Å². The number of ether oxygens (including phenoxy) is 1. The predicted octanol–water partition coefficient (Wildman–Crippen LogP) is 1.94. The summed E-state index contributed by atoms with van der Waals surface area (Å²) in [5.41, 5.74) is 0. The zero-order valence-corrected chi connectivity index (χ0v) is 12.8. The number of ketones is 1. The molecular formula is C15H26N2O4. The maximum Gasteiger partial charge on any atom is 0.330 e. The van der Waals surface area contributed by atoms with E-state index in [-0.39, 0.29) is 25.0 Å². The maximum absolute atomic E-state index is 11.3. The van der Waals surface area contributed by atoms with Gasteiger partial charge >= 0.3 is 12.0 Å². The molecule has 0 fully saturated rings. The minimum absolute atomic E-state index is 0.133. The van der Waals surface area contributed by atoms with Crippen LogP contribution in [-0.4, -0.2) is 37.5 Å². The molecule has 6 nitrogen and oxygen atoms in total. The molecule has 0 unspecified atom stereocenters. The van der Waals surface area contributed by atoms with Crippen LogP contribution in [0.15, 0.2) is 12.7 Å². The first-order valence-corrected chi connectivity index (χ1v) is 7.36. The number of esters is 1. The standard InChI is InChI=1S/C15H26N2O4/c1-3-14(19)21-12-11-17-15(20)16-10-8-6-4-5-7-9-13(2)18/h3H,1,4-12H2,2H3,(H2,16,17,20). The first-order chi connectivity index (χ1) is 10.1. The second-order valence-corrected chi connectivity index (χ2v) is 4.77. The van der Waals surface area contributed by atoms with Crippen molar-refractivity contribution in [3.63, 3.8) is 0 Å². The quantitative estimate of drug-likeness (QED) is 0.327. The van der Waals surface area contributed by atoms with Gasteiger partial charge in [-0.15, -0.1) is 0 Å². The lowest BCUT2D eigenvalue weighted by Crippen LogP contribution is -2.37. The summed E-state index contributed by atoms with van der Waals surface area (Å²) < 4.78 is 4.72. The number of unbranched alkanes of at least 4 members (excludes halogenated alkanes) is 4. The van der Waals surface area contributed by atoms with Crippen molar-refractivity contribution in [1.82, 2.24) is 10.6 Å². The maximum atomic E-state index is 11.3. The summed E-state index contributed by atoms with van der Waals surface area (Å²) in [5, 5.41) is 5.32. The molecule has 6 heteroatoms. The highest BCUT2D eigenvalue weighted by molar-refractivity contribution is 5.81. The molecule has 0 aromatic rings. The van der Waals surface area contributed by atoms with Crippen molar-refractivity contribution in [2.24, 2.45) is 0 Å². The number of hydrogen-bond acceptors (Lipinski definition) is 4. The number of rotatable bonds is 12. The van der Waals surface area contributed by atoms with Crippen molar-refractivity contribution < 1.29 is 19.1 Å². The molecule has 0 radical (unpaired) electrons. The van der Waals surface area contributed by atoms with E-state index in [0.717, 1.165) is 38.2 Å². The van der Waals surface area contributed by atoms with Gasteiger partial charge in [0.1, 0.15) is 12.4 Å². The monoisotopic (exact) mass is 298 g/mol. The number of hydrogen-bond donors (Lipinski definition) is 2. The average Bonchev–Trinajstić information content (AvgIpc) is 2.45. The molecule has 0 heterocycles. The smallest absolute Gasteiger partial charge is 0.330 e. The summed E-state index contributed by atoms with van der Waals surface area (Å²) in [6.45, 7) is 5.90. The molecule has 0 bridgehead atoms. The first-order valence-electron chi connectivity index (χ1n) is 7.36. The molecule has 0 saturated heterocycles. The Bertz CT molecular complexity index is 343. The van der Waals surface area contributed by atoms with Crippen LogP contribution in [0.1, 0.15) is 45.4 Å². The first kappa shape index (κ1) is 19.1. The second kappa shape index (κ2) is 13.1. The van der Waals surface area contributed by atoms with Crippen molar-refractivity contribution >= 4 is 17.8 Å². The van der Waals surface area contributed by atoms with E-state index in [9.17, 15) is 14.4 Å². The van der Waals surface area contributed by atoms with Crippen LogP contribution in [-0.2, 0) is 14.3 Å². The van der Waals surface area contributed by atoms with Crippen LogP contribution in [0.5, 0.6) is 0 Å². The van der Waals surface area contributed by atoms with Gasteiger partial charge in [0.15, 0.2) is 0 Å². The van der Waals surface area contributed by atoms with E-state index in [1.807, 2.05) is 0 Å². The summed E-state index contributed by atoms with van der Waals surface area (Å²) in [4.78, 5) is 32.8. The summed E-state index contributed by atoms with van der Waals surface area (Å²) in [6, 6.07) is -0.263. The van der Waals surface area contributed by atoms with E-state index >= 15 is 0 Å². The van der Waals surface area contributed by atoms with Crippen LogP contribution in [0.4, 0.5) is 4.79 Å². The van der Waals surface area contributed by atoms with Crippen LogP contribution >= 0.6 is 0 Å². The zero-order chi connectivity index (χ0) is 15.9. The van der Waals surface area contributed by atoms with Gasteiger partial charge in [0.25, 0.3) is 0 Å². The van der Waals surface area contributed by atoms with Gasteiger partial charge in [0, 0.05) is 19.0 Å². The molecule has 0 aromatic heterocycles. The van der Waals surface area contributed by atoms with Gasteiger partial charge in [0.2, 0.25) is 0 Å². The molecule has 120 valence electrons. The van der Waals surface area contributed by atoms with Crippen molar-refractivity contribution in [3.05, 3.63) is 12.7 Å². The van der Waals surface area contributed by atoms with Gasteiger partial charge in [-0.2, -0.15) is 0 Å². The van der Waals surface area contributed by atoms with Crippen molar-refractivity contribution in [2.45, 2.75) is 45.4 Å². The van der Waals surface area contributed by atoms with Gasteiger partial charge in [-0.25, -0.2) is 9.59 Å². The minimum Gasteiger partial charge on any atom is -0.461 e. The third-order valence-electron chi connectivity index (χ3n) is 2.79. The molecule has 0 aromatic carbocycles. The molecule has 0 aliphatic carbocycles. The molecule has 0 saturated carbocycles. The fraction of sp³-hybridized carbons (Fsp3) is 0.667. The van der Waals surface area contributed by atoms with Crippen LogP contribution < -0.4 is 10.6 Å². The Kier molecular flexibility index (Phi) is 12.0. The summed E-state index contributed by atoms with van der Waals surface area (Å²) in [5.74, 6) is -0.255. The lowest BCUT2D eigenvalue weighted by Gasteiger charge is -2.07. The molecule has 0 aliphatic rings. The Morgan fingerprint density at radius 2 is 1.62 bits per heavy atom. The van der Waals surface area contributed by atoms with E-state index in [0.29, 0.717) is 13.0 Å². The lowest BCUT2D eigenvalue weighted by molar-refractivity contribution is -0.137. The topological polar surface area (TPSA) is 84.5 Å². The molecular weight excluding hydrogens is 272 g/mol. The third kappa shape index (κ3) is 14.4.